The number of carboxylic acids is 1. The first kappa shape index (κ1) is 15.4. The standard InChI is InChI=1S/C14H14BrNO5/c1-2-6-21-14(19)16-5-7-20-11-8-9(15)3-4-10(11)12(16)13(17)18/h2-4,8,12H,1,5-7H2,(H,17,18). The van der Waals surface area contributed by atoms with Gasteiger partial charge in [-0.05, 0) is 12.1 Å². The number of rotatable bonds is 3. The van der Waals surface area contributed by atoms with Gasteiger partial charge in [0, 0.05) is 10.0 Å². The first-order chi connectivity index (χ1) is 10.0. The van der Waals surface area contributed by atoms with Crippen LogP contribution in [0.1, 0.15) is 11.6 Å². The van der Waals surface area contributed by atoms with E-state index in [1.807, 2.05) is 0 Å². The zero-order valence-electron chi connectivity index (χ0n) is 11.1. The number of fused-ring (bicyclic) bond motifs is 1. The third kappa shape index (κ3) is 3.36. The molecule has 0 aromatic heterocycles. The summed E-state index contributed by atoms with van der Waals surface area (Å²) < 4.78 is 11.2. The Morgan fingerprint density at radius 1 is 1.57 bits per heavy atom. The number of nitrogens with zero attached hydrogens (tertiary/aromatic N) is 1. The molecule has 1 heterocycles. The lowest BCUT2D eigenvalue weighted by Gasteiger charge is -2.25. The fourth-order valence-electron chi connectivity index (χ4n) is 2.09. The molecule has 0 bridgehead atoms. The highest BCUT2D eigenvalue weighted by atomic mass is 79.9. The van der Waals surface area contributed by atoms with Gasteiger partial charge >= 0.3 is 12.1 Å². The maximum absolute atomic E-state index is 12.0. The van der Waals surface area contributed by atoms with Crippen molar-refractivity contribution in [2.24, 2.45) is 0 Å². The van der Waals surface area contributed by atoms with Gasteiger partial charge < -0.3 is 14.6 Å². The van der Waals surface area contributed by atoms with Crippen molar-refractivity contribution < 1.29 is 24.2 Å². The molecule has 6 nitrogen and oxygen atoms in total. The number of aliphatic carboxylic acids is 1. The highest BCUT2D eigenvalue weighted by molar-refractivity contribution is 9.10. The quantitative estimate of drug-likeness (QED) is 0.843. The summed E-state index contributed by atoms with van der Waals surface area (Å²) in [7, 11) is 0. The number of carbonyl (C=O) groups excluding carboxylic acids is 1. The van der Waals surface area contributed by atoms with Crippen molar-refractivity contribution in [1.29, 1.82) is 0 Å². The van der Waals surface area contributed by atoms with E-state index >= 15 is 0 Å². The van der Waals surface area contributed by atoms with Crippen LogP contribution in [0, 0.1) is 0 Å². The van der Waals surface area contributed by atoms with Crippen LogP contribution in [-0.2, 0) is 9.53 Å². The first-order valence-corrected chi connectivity index (χ1v) is 7.03. The first-order valence-electron chi connectivity index (χ1n) is 6.24. The van der Waals surface area contributed by atoms with Crippen LogP contribution in [0.25, 0.3) is 0 Å². The predicted octanol–water partition coefficient (Wildman–Crippen LogP) is 2.59. The summed E-state index contributed by atoms with van der Waals surface area (Å²) in [5.74, 6) is -0.699. The number of amides is 1. The molecular weight excluding hydrogens is 342 g/mol. The van der Waals surface area contributed by atoms with Crippen molar-refractivity contribution in [3.63, 3.8) is 0 Å². The Hall–Kier alpha value is -2.02. The minimum Gasteiger partial charge on any atom is -0.491 e. The molecule has 1 N–H and O–H groups in total. The van der Waals surface area contributed by atoms with Crippen molar-refractivity contribution in [2.45, 2.75) is 6.04 Å². The molecule has 0 saturated heterocycles. The zero-order valence-corrected chi connectivity index (χ0v) is 12.7. The normalized spacial score (nSPS) is 17.2. The monoisotopic (exact) mass is 355 g/mol. The van der Waals surface area contributed by atoms with E-state index < -0.39 is 18.1 Å². The van der Waals surface area contributed by atoms with Crippen LogP contribution in [0.2, 0.25) is 0 Å². The van der Waals surface area contributed by atoms with Gasteiger partial charge in [-0.2, -0.15) is 0 Å². The predicted molar refractivity (Wildman–Crippen MR) is 78.3 cm³/mol. The van der Waals surface area contributed by atoms with Crippen LogP contribution >= 0.6 is 15.9 Å². The highest BCUT2D eigenvalue weighted by Gasteiger charge is 2.36. The molecule has 7 heteroatoms. The largest absolute Gasteiger partial charge is 0.491 e. The minimum absolute atomic E-state index is 0.0235. The summed E-state index contributed by atoms with van der Waals surface area (Å²) in [6.45, 7) is 3.79. The van der Waals surface area contributed by atoms with E-state index in [2.05, 4.69) is 22.5 Å². The summed E-state index contributed by atoms with van der Waals surface area (Å²) in [4.78, 5) is 24.8. The molecule has 112 valence electrons. The summed E-state index contributed by atoms with van der Waals surface area (Å²) in [5, 5.41) is 9.49. The number of ether oxygens (including phenoxy) is 2. The zero-order chi connectivity index (χ0) is 15.4. The van der Waals surface area contributed by atoms with Gasteiger partial charge in [-0.25, -0.2) is 9.59 Å². The number of carbonyl (C=O) groups is 2. The molecule has 21 heavy (non-hydrogen) atoms. The van der Waals surface area contributed by atoms with Crippen molar-refractivity contribution in [2.75, 3.05) is 19.8 Å². The molecule has 1 aromatic carbocycles. The van der Waals surface area contributed by atoms with Gasteiger partial charge in [0.2, 0.25) is 0 Å². The van der Waals surface area contributed by atoms with Gasteiger partial charge in [-0.15, -0.1) is 0 Å². The van der Waals surface area contributed by atoms with E-state index in [4.69, 9.17) is 9.47 Å². The second kappa shape index (κ2) is 6.62. The van der Waals surface area contributed by atoms with Crippen LogP contribution in [0.4, 0.5) is 4.79 Å². The van der Waals surface area contributed by atoms with Crippen molar-refractivity contribution in [3.8, 4) is 5.75 Å². The Morgan fingerprint density at radius 3 is 3.00 bits per heavy atom. The maximum Gasteiger partial charge on any atom is 0.411 e. The Morgan fingerprint density at radius 2 is 2.33 bits per heavy atom. The molecule has 1 unspecified atom stereocenters. The molecule has 0 saturated carbocycles. The average molecular weight is 356 g/mol. The third-order valence-electron chi connectivity index (χ3n) is 2.96. The van der Waals surface area contributed by atoms with Crippen molar-refractivity contribution in [1.82, 2.24) is 4.90 Å². The highest BCUT2D eigenvalue weighted by Crippen LogP contribution is 2.34. The van der Waals surface area contributed by atoms with Crippen molar-refractivity contribution in [3.05, 3.63) is 40.9 Å². The number of hydrogen-bond acceptors (Lipinski definition) is 4. The number of carboxylic acid groups (broad SMARTS) is 1. The Labute approximate surface area is 130 Å². The van der Waals surface area contributed by atoms with Gasteiger partial charge in [0.05, 0.1) is 6.54 Å². The average Bonchev–Trinajstić information content (AvgIpc) is 2.63. The van der Waals surface area contributed by atoms with E-state index in [0.717, 1.165) is 9.37 Å². The van der Waals surface area contributed by atoms with Gasteiger partial charge in [0.1, 0.15) is 19.0 Å². The van der Waals surface area contributed by atoms with Crippen LogP contribution in [0.3, 0.4) is 0 Å². The van der Waals surface area contributed by atoms with Crippen LogP contribution in [0.5, 0.6) is 5.75 Å². The Kier molecular flexibility index (Phi) is 4.85. The topological polar surface area (TPSA) is 76.1 Å². The van der Waals surface area contributed by atoms with Crippen LogP contribution < -0.4 is 4.74 Å². The summed E-state index contributed by atoms with van der Waals surface area (Å²) in [6, 6.07) is 3.87. The summed E-state index contributed by atoms with van der Waals surface area (Å²) in [5.41, 5.74) is 0.416. The Balaban J connectivity index is 2.38. The molecule has 1 aliphatic rings. The molecule has 0 fully saturated rings. The van der Waals surface area contributed by atoms with Crippen LogP contribution in [-0.4, -0.2) is 41.8 Å². The maximum atomic E-state index is 12.0. The minimum atomic E-state index is -1.15. The van der Waals surface area contributed by atoms with E-state index in [1.54, 1.807) is 18.2 Å². The molecule has 2 rings (SSSR count). The fourth-order valence-corrected chi connectivity index (χ4v) is 2.43. The number of halogens is 1. The molecule has 1 aromatic rings. The molecule has 1 atom stereocenters. The van der Waals surface area contributed by atoms with E-state index in [-0.39, 0.29) is 19.8 Å². The summed E-state index contributed by atoms with van der Waals surface area (Å²) in [6.07, 6.45) is 0.717. The fraction of sp³-hybridized carbons (Fsp3) is 0.286. The smallest absolute Gasteiger partial charge is 0.411 e. The Bertz CT molecular complexity index is 574. The van der Waals surface area contributed by atoms with Gasteiger partial charge in [0.25, 0.3) is 0 Å². The van der Waals surface area contributed by atoms with E-state index in [9.17, 15) is 14.7 Å². The SMILES string of the molecule is C=CCOC(=O)N1CCOc2cc(Br)ccc2C1C(=O)O. The van der Waals surface area contributed by atoms with Gasteiger partial charge in [0.15, 0.2) is 6.04 Å². The second-order valence-electron chi connectivity index (χ2n) is 4.33. The third-order valence-corrected chi connectivity index (χ3v) is 3.46. The second-order valence-corrected chi connectivity index (χ2v) is 5.25. The molecular formula is C14H14BrNO5. The van der Waals surface area contributed by atoms with E-state index in [0.29, 0.717) is 11.3 Å². The molecule has 0 radical (unpaired) electrons. The summed E-state index contributed by atoms with van der Waals surface area (Å²) >= 11 is 3.31. The molecule has 1 amide bonds. The molecule has 1 aliphatic heterocycles. The lowest BCUT2D eigenvalue weighted by molar-refractivity contribution is -0.142. The number of benzene rings is 1. The van der Waals surface area contributed by atoms with E-state index in [1.165, 1.54) is 6.08 Å². The lowest BCUT2D eigenvalue weighted by Crippen LogP contribution is -2.40. The molecule has 0 aliphatic carbocycles. The van der Waals surface area contributed by atoms with Gasteiger partial charge in [-0.3, -0.25) is 4.90 Å². The number of hydrogen-bond donors (Lipinski definition) is 1. The van der Waals surface area contributed by atoms with Crippen molar-refractivity contribution >= 4 is 28.0 Å². The van der Waals surface area contributed by atoms with Crippen LogP contribution in [0.15, 0.2) is 35.3 Å². The lowest BCUT2D eigenvalue weighted by atomic mass is 10.0. The molecule has 0 spiro atoms. The van der Waals surface area contributed by atoms with Gasteiger partial charge in [-0.1, -0.05) is 34.7 Å².